The average molecular weight is 277 g/mol. The van der Waals surface area contributed by atoms with Crippen molar-refractivity contribution in [2.24, 2.45) is 5.73 Å². The van der Waals surface area contributed by atoms with Gasteiger partial charge in [0.05, 0.1) is 0 Å². The molecule has 0 radical (unpaired) electrons. The maximum absolute atomic E-state index is 11.3. The van der Waals surface area contributed by atoms with E-state index in [1.54, 1.807) is 0 Å². The first-order valence-corrected chi connectivity index (χ1v) is 6.99. The third-order valence-electron chi connectivity index (χ3n) is 4.24. The molecule has 0 aliphatic carbocycles. The number of ether oxygens (including phenoxy) is 2. The zero-order chi connectivity index (χ0) is 15.1. The van der Waals surface area contributed by atoms with Gasteiger partial charge in [0, 0.05) is 19.0 Å². The number of benzene rings is 1. The highest BCUT2D eigenvalue weighted by Gasteiger charge is 2.33. The third kappa shape index (κ3) is 2.40. The molecular weight excluding hydrogens is 254 g/mol. The Balaban J connectivity index is 2.57. The Labute approximate surface area is 120 Å². The van der Waals surface area contributed by atoms with Crippen LogP contribution in [0.3, 0.4) is 0 Å². The van der Waals surface area contributed by atoms with Gasteiger partial charge in [-0.2, -0.15) is 0 Å². The van der Waals surface area contributed by atoms with E-state index >= 15 is 0 Å². The first kappa shape index (κ1) is 14.9. The normalized spacial score (nSPS) is 21.1. The number of carbonyl (C=O) groups is 1. The standard InChI is InChI=1S/C16H23NO3/c1-9-10(2)15-13(6-7-16(5,8-17)20-15)11(3)14(9)19-12(4)18/h6-8,17H2,1-5H3. The molecule has 4 heteroatoms. The molecule has 2 rings (SSSR count). The summed E-state index contributed by atoms with van der Waals surface area (Å²) in [5.74, 6) is 1.29. The van der Waals surface area contributed by atoms with Crippen molar-refractivity contribution in [2.75, 3.05) is 6.54 Å². The van der Waals surface area contributed by atoms with E-state index in [1.165, 1.54) is 6.92 Å². The van der Waals surface area contributed by atoms with Crippen LogP contribution in [-0.4, -0.2) is 18.1 Å². The van der Waals surface area contributed by atoms with Gasteiger partial charge in [0.2, 0.25) is 0 Å². The minimum atomic E-state index is -0.306. The fourth-order valence-electron chi connectivity index (χ4n) is 2.72. The van der Waals surface area contributed by atoms with Crippen molar-refractivity contribution >= 4 is 5.97 Å². The van der Waals surface area contributed by atoms with Crippen LogP contribution in [0.1, 0.15) is 42.5 Å². The van der Waals surface area contributed by atoms with E-state index in [-0.39, 0.29) is 11.6 Å². The maximum Gasteiger partial charge on any atom is 0.308 e. The van der Waals surface area contributed by atoms with Crippen LogP contribution in [0.15, 0.2) is 0 Å². The summed E-state index contributed by atoms with van der Waals surface area (Å²) in [6.07, 6.45) is 1.77. The van der Waals surface area contributed by atoms with Crippen molar-refractivity contribution in [2.45, 2.75) is 53.1 Å². The second-order valence-corrected chi connectivity index (χ2v) is 5.86. The molecule has 1 aromatic rings. The van der Waals surface area contributed by atoms with Crippen molar-refractivity contribution in [3.05, 3.63) is 22.3 Å². The minimum Gasteiger partial charge on any atom is -0.486 e. The monoisotopic (exact) mass is 277 g/mol. The predicted octanol–water partition coefficient (Wildman–Crippen LogP) is 2.58. The van der Waals surface area contributed by atoms with Gasteiger partial charge in [-0.15, -0.1) is 0 Å². The summed E-state index contributed by atoms with van der Waals surface area (Å²) < 4.78 is 11.5. The van der Waals surface area contributed by atoms with Crippen LogP contribution in [0.25, 0.3) is 0 Å². The van der Waals surface area contributed by atoms with Crippen molar-refractivity contribution in [3.63, 3.8) is 0 Å². The smallest absolute Gasteiger partial charge is 0.308 e. The molecule has 0 saturated carbocycles. The zero-order valence-electron chi connectivity index (χ0n) is 12.9. The average Bonchev–Trinajstić information content (AvgIpc) is 2.41. The van der Waals surface area contributed by atoms with E-state index in [0.717, 1.165) is 40.8 Å². The molecule has 1 aromatic carbocycles. The summed E-state index contributed by atoms with van der Waals surface area (Å²) in [6, 6.07) is 0. The van der Waals surface area contributed by atoms with Gasteiger partial charge in [-0.25, -0.2) is 0 Å². The van der Waals surface area contributed by atoms with E-state index < -0.39 is 0 Å². The number of nitrogens with two attached hydrogens (primary N) is 1. The van der Waals surface area contributed by atoms with E-state index in [9.17, 15) is 4.79 Å². The maximum atomic E-state index is 11.3. The van der Waals surface area contributed by atoms with Crippen molar-refractivity contribution in [1.82, 2.24) is 0 Å². The van der Waals surface area contributed by atoms with Gasteiger partial charge in [-0.3, -0.25) is 4.79 Å². The Hall–Kier alpha value is -1.55. The van der Waals surface area contributed by atoms with Gasteiger partial charge in [0.1, 0.15) is 17.1 Å². The molecule has 1 aliphatic heterocycles. The Morgan fingerprint density at radius 3 is 2.50 bits per heavy atom. The number of esters is 1. The Bertz CT molecular complexity index is 566. The lowest BCUT2D eigenvalue weighted by Gasteiger charge is -2.37. The van der Waals surface area contributed by atoms with Crippen LogP contribution in [0, 0.1) is 20.8 Å². The predicted molar refractivity (Wildman–Crippen MR) is 78.4 cm³/mol. The van der Waals surface area contributed by atoms with E-state index in [0.29, 0.717) is 12.3 Å². The van der Waals surface area contributed by atoms with Gasteiger partial charge in [0.15, 0.2) is 0 Å². The van der Waals surface area contributed by atoms with Crippen LogP contribution in [0.5, 0.6) is 11.5 Å². The Kier molecular flexibility index (Phi) is 3.78. The molecule has 4 nitrogen and oxygen atoms in total. The van der Waals surface area contributed by atoms with Crippen LogP contribution >= 0.6 is 0 Å². The van der Waals surface area contributed by atoms with E-state index in [2.05, 4.69) is 0 Å². The van der Waals surface area contributed by atoms with E-state index in [4.69, 9.17) is 15.2 Å². The van der Waals surface area contributed by atoms with Crippen LogP contribution in [-0.2, 0) is 11.2 Å². The highest BCUT2D eigenvalue weighted by molar-refractivity contribution is 5.72. The van der Waals surface area contributed by atoms with Gasteiger partial charge in [0.25, 0.3) is 0 Å². The topological polar surface area (TPSA) is 61.5 Å². The van der Waals surface area contributed by atoms with Gasteiger partial charge in [-0.1, -0.05) is 0 Å². The molecule has 1 unspecified atom stereocenters. The molecule has 0 fully saturated rings. The second-order valence-electron chi connectivity index (χ2n) is 5.86. The number of carbonyl (C=O) groups excluding carboxylic acids is 1. The van der Waals surface area contributed by atoms with Crippen LogP contribution in [0.2, 0.25) is 0 Å². The van der Waals surface area contributed by atoms with Crippen molar-refractivity contribution in [1.29, 1.82) is 0 Å². The lowest BCUT2D eigenvalue weighted by atomic mass is 9.87. The molecule has 1 aliphatic rings. The summed E-state index contributed by atoms with van der Waals surface area (Å²) in [5.41, 5.74) is 9.63. The fraction of sp³-hybridized carbons (Fsp3) is 0.562. The Morgan fingerprint density at radius 1 is 1.30 bits per heavy atom. The highest BCUT2D eigenvalue weighted by Crippen LogP contribution is 2.43. The van der Waals surface area contributed by atoms with Crippen molar-refractivity contribution < 1.29 is 14.3 Å². The third-order valence-corrected chi connectivity index (χ3v) is 4.24. The molecule has 0 saturated heterocycles. The number of hydrogen-bond acceptors (Lipinski definition) is 4. The zero-order valence-corrected chi connectivity index (χ0v) is 12.9. The molecule has 1 atom stereocenters. The molecule has 1 heterocycles. The van der Waals surface area contributed by atoms with Gasteiger partial charge >= 0.3 is 5.97 Å². The second kappa shape index (κ2) is 5.09. The molecule has 2 N–H and O–H groups in total. The first-order chi connectivity index (χ1) is 9.29. The summed E-state index contributed by atoms with van der Waals surface area (Å²) in [7, 11) is 0. The molecule has 110 valence electrons. The molecule has 0 amide bonds. The molecule has 20 heavy (non-hydrogen) atoms. The molecule has 0 spiro atoms. The van der Waals surface area contributed by atoms with Crippen molar-refractivity contribution in [3.8, 4) is 11.5 Å². The minimum absolute atomic E-state index is 0.293. The lowest BCUT2D eigenvalue weighted by Crippen LogP contribution is -2.43. The van der Waals surface area contributed by atoms with E-state index in [1.807, 2.05) is 27.7 Å². The molecular formula is C16H23NO3. The Morgan fingerprint density at radius 2 is 1.95 bits per heavy atom. The number of rotatable bonds is 2. The summed E-state index contributed by atoms with van der Waals surface area (Å²) in [5, 5.41) is 0. The number of fused-ring (bicyclic) bond motifs is 1. The first-order valence-electron chi connectivity index (χ1n) is 6.99. The molecule has 0 aromatic heterocycles. The SMILES string of the molecule is CC(=O)Oc1c(C)c(C)c2c(c1C)CCC(C)(CN)O2. The van der Waals surface area contributed by atoms with Gasteiger partial charge < -0.3 is 15.2 Å². The van der Waals surface area contributed by atoms with Crippen LogP contribution < -0.4 is 15.2 Å². The largest absolute Gasteiger partial charge is 0.486 e. The summed E-state index contributed by atoms with van der Waals surface area (Å²) in [4.78, 5) is 11.3. The number of hydrogen-bond donors (Lipinski definition) is 1. The van der Waals surface area contributed by atoms with Crippen LogP contribution in [0.4, 0.5) is 0 Å². The lowest BCUT2D eigenvalue weighted by molar-refractivity contribution is -0.132. The quantitative estimate of drug-likeness (QED) is 0.666. The van der Waals surface area contributed by atoms with Gasteiger partial charge in [-0.05, 0) is 57.2 Å². The summed E-state index contributed by atoms with van der Waals surface area (Å²) >= 11 is 0. The fourth-order valence-corrected chi connectivity index (χ4v) is 2.72. The summed E-state index contributed by atoms with van der Waals surface area (Å²) in [6.45, 7) is 9.91. The molecule has 0 bridgehead atoms. The highest BCUT2D eigenvalue weighted by atomic mass is 16.5.